The summed E-state index contributed by atoms with van der Waals surface area (Å²) < 4.78 is 5.43. The number of rotatable bonds is 3. The number of anilines is 1. The average molecular weight is 369 g/mol. The Morgan fingerprint density at radius 2 is 2.12 bits per heavy atom. The SMILES string of the molecule is C[C@H]1CN(C(=O)OC(C)(C)C)CC[C@H]1Nc1cc(Cl)ncc1C(N)=O. The van der Waals surface area contributed by atoms with Gasteiger partial charge >= 0.3 is 6.09 Å². The summed E-state index contributed by atoms with van der Waals surface area (Å²) in [5, 5.41) is 3.61. The lowest BCUT2D eigenvalue weighted by Gasteiger charge is -2.38. The summed E-state index contributed by atoms with van der Waals surface area (Å²) in [7, 11) is 0. The number of aromatic nitrogens is 1. The Hall–Kier alpha value is -2.02. The van der Waals surface area contributed by atoms with Gasteiger partial charge in [-0.2, -0.15) is 0 Å². The molecule has 0 spiro atoms. The summed E-state index contributed by atoms with van der Waals surface area (Å²) in [5.41, 5.74) is 5.74. The summed E-state index contributed by atoms with van der Waals surface area (Å²) in [4.78, 5) is 29.4. The van der Waals surface area contributed by atoms with Gasteiger partial charge in [0.25, 0.3) is 5.91 Å². The molecule has 7 nitrogen and oxygen atoms in total. The van der Waals surface area contributed by atoms with Gasteiger partial charge in [-0.25, -0.2) is 9.78 Å². The maximum Gasteiger partial charge on any atom is 0.410 e. The highest BCUT2D eigenvalue weighted by Gasteiger charge is 2.31. The van der Waals surface area contributed by atoms with Gasteiger partial charge in [0.1, 0.15) is 10.8 Å². The molecule has 1 fully saturated rings. The molecule has 0 unspecified atom stereocenters. The maximum atomic E-state index is 12.2. The second-order valence-corrected chi connectivity index (χ2v) is 7.75. The van der Waals surface area contributed by atoms with Gasteiger partial charge in [-0.05, 0) is 39.2 Å². The minimum Gasteiger partial charge on any atom is -0.444 e. The molecular formula is C17H25ClN4O3. The van der Waals surface area contributed by atoms with Crippen LogP contribution in [0.3, 0.4) is 0 Å². The molecule has 25 heavy (non-hydrogen) atoms. The summed E-state index contributed by atoms with van der Waals surface area (Å²) in [6, 6.07) is 1.67. The van der Waals surface area contributed by atoms with Gasteiger partial charge in [0.05, 0.1) is 11.3 Å². The van der Waals surface area contributed by atoms with Crippen LogP contribution in [-0.4, -0.2) is 46.6 Å². The van der Waals surface area contributed by atoms with Crippen LogP contribution in [0.4, 0.5) is 10.5 Å². The fraction of sp³-hybridized carbons (Fsp3) is 0.588. The van der Waals surface area contributed by atoms with Crippen LogP contribution in [0.5, 0.6) is 0 Å². The van der Waals surface area contributed by atoms with Crippen molar-refractivity contribution in [2.24, 2.45) is 11.7 Å². The number of halogens is 1. The van der Waals surface area contributed by atoms with Gasteiger partial charge in [-0.15, -0.1) is 0 Å². The lowest BCUT2D eigenvalue weighted by atomic mass is 9.93. The van der Waals surface area contributed by atoms with Crippen LogP contribution in [0, 0.1) is 5.92 Å². The molecule has 1 aliphatic heterocycles. The van der Waals surface area contributed by atoms with Crippen LogP contribution in [0.1, 0.15) is 44.5 Å². The number of pyridine rings is 1. The van der Waals surface area contributed by atoms with Crippen LogP contribution in [0.2, 0.25) is 5.15 Å². The van der Waals surface area contributed by atoms with E-state index in [2.05, 4.69) is 10.3 Å². The van der Waals surface area contributed by atoms with E-state index in [0.717, 1.165) is 6.42 Å². The predicted octanol–water partition coefficient (Wildman–Crippen LogP) is 2.89. The molecule has 1 aliphatic rings. The van der Waals surface area contributed by atoms with E-state index in [1.54, 1.807) is 11.0 Å². The molecule has 1 aromatic heterocycles. The van der Waals surface area contributed by atoms with E-state index >= 15 is 0 Å². The largest absolute Gasteiger partial charge is 0.444 e. The third kappa shape index (κ3) is 5.22. The highest BCUT2D eigenvalue weighted by Crippen LogP contribution is 2.26. The quantitative estimate of drug-likeness (QED) is 0.799. The Balaban J connectivity index is 2.04. The molecule has 2 atom stereocenters. The highest BCUT2D eigenvalue weighted by molar-refractivity contribution is 6.29. The zero-order valence-corrected chi connectivity index (χ0v) is 15.8. The number of amides is 2. The number of piperidine rings is 1. The van der Waals surface area contributed by atoms with Gasteiger partial charge in [0, 0.05) is 25.3 Å². The van der Waals surface area contributed by atoms with E-state index in [1.165, 1.54) is 6.20 Å². The fourth-order valence-corrected chi connectivity index (χ4v) is 2.96. The van der Waals surface area contributed by atoms with Crippen molar-refractivity contribution in [3.8, 4) is 0 Å². The number of hydrogen-bond acceptors (Lipinski definition) is 5. The summed E-state index contributed by atoms with van der Waals surface area (Å²) >= 11 is 5.93. The summed E-state index contributed by atoms with van der Waals surface area (Å²) in [6.45, 7) is 8.73. The number of primary amides is 1. The predicted molar refractivity (Wildman–Crippen MR) is 96.8 cm³/mol. The van der Waals surface area contributed by atoms with E-state index in [0.29, 0.717) is 24.3 Å². The van der Waals surface area contributed by atoms with Crippen molar-refractivity contribution in [2.75, 3.05) is 18.4 Å². The summed E-state index contributed by atoms with van der Waals surface area (Å²) in [5.74, 6) is -0.403. The van der Waals surface area contributed by atoms with E-state index in [4.69, 9.17) is 22.1 Å². The van der Waals surface area contributed by atoms with Crippen molar-refractivity contribution in [1.82, 2.24) is 9.88 Å². The zero-order chi connectivity index (χ0) is 18.8. The van der Waals surface area contributed by atoms with E-state index in [-0.39, 0.29) is 23.2 Å². The summed E-state index contributed by atoms with van der Waals surface area (Å²) in [6.07, 6.45) is 1.79. The van der Waals surface area contributed by atoms with E-state index in [1.807, 2.05) is 27.7 Å². The fourth-order valence-electron chi connectivity index (χ4n) is 2.80. The first-order valence-corrected chi connectivity index (χ1v) is 8.64. The third-order valence-corrected chi connectivity index (χ3v) is 4.24. The number of nitrogens with zero attached hydrogens (tertiary/aromatic N) is 2. The van der Waals surface area contributed by atoms with Crippen molar-refractivity contribution < 1.29 is 14.3 Å². The van der Waals surface area contributed by atoms with Crippen LogP contribution in [-0.2, 0) is 4.74 Å². The Kier molecular flexibility index (Phi) is 5.77. The Morgan fingerprint density at radius 3 is 2.68 bits per heavy atom. The normalized spacial score (nSPS) is 20.9. The first kappa shape index (κ1) is 19.3. The zero-order valence-electron chi connectivity index (χ0n) is 15.0. The number of hydrogen-bond donors (Lipinski definition) is 2. The number of nitrogens with two attached hydrogens (primary N) is 1. The molecule has 0 bridgehead atoms. The molecule has 1 saturated heterocycles. The first-order chi connectivity index (χ1) is 11.6. The van der Waals surface area contributed by atoms with Gasteiger partial charge < -0.3 is 20.7 Å². The molecule has 3 N–H and O–H groups in total. The molecule has 138 valence electrons. The van der Waals surface area contributed by atoms with Crippen LogP contribution < -0.4 is 11.1 Å². The molecule has 0 radical (unpaired) electrons. The minimum atomic E-state index is -0.564. The molecule has 2 amide bonds. The number of ether oxygens (including phenoxy) is 1. The lowest BCUT2D eigenvalue weighted by Crippen LogP contribution is -2.49. The van der Waals surface area contributed by atoms with Crippen molar-refractivity contribution in [1.29, 1.82) is 0 Å². The van der Waals surface area contributed by atoms with Crippen molar-refractivity contribution in [3.63, 3.8) is 0 Å². The number of carbonyl (C=O) groups excluding carboxylic acids is 2. The molecule has 0 saturated carbocycles. The van der Waals surface area contributed by atoms with Crippen molar-refractivity contribution in [3.05, 3.63) is 23.0 Å². The van der Waals surface area contributed by atoms with Crippen LogP contribution >= 0.6 is 11.6 Å². The van der Waals surface area contributed by atoms with Gasteiger partial charge in [-0.1, -0.05) is 18.5 Å². The van der Waals surface area contributed by atoms with E-state index in [9.17, 15) is 9.59 Å². The average Bonchev–Trinajstić information content (AvgIpc) is 2.47. The second-order valence-electron chi connectivity index (χ2n) is 7.36. The second kappa shape index (κ2) is 7.47. The Bertz CT molecular complexity index is 660. The van der Waals surface area contributed by atoms with Gasteiger partial charge in [0.15, 0.2) is 0 Å². The Labute approximate surface area is 152 Å². The molecule has 2 rings (SSSR count). The lowest BCUT2D eigenvalue weighted by molar-refractivity contribution is 0.0165. The third-order valence-electron chi connectivity index (χ3n) is 4.03. The minimum absolute atomic E-state index is 0.0789. The van der Waals surface area contributed by atoms with Crippen LogP contribution in [0.15, 0.2) is 12.3 Å². The van der Waals surface area contributed by atoms with Crippen LogP contribution in [0.25, 0.3) is 0 Å². The monoisotopic (exact) mass is 368 g/mol. The molecule has 1 aromatic rings. The molecular weight excluding hydrogens is 344 g/mol. The standard InChI is InChI=1S/C17H25ClN4O3/c1-10-9-22(16(24)25-17(2,3)4)6-5-12(10)21-13-7-14(18)20-8-11(13)15(19)23/h7-8,10,12H,5-6,9H2,1-4H3,(H2,19,23)(H,20,21)/t10-,12+/m0/s1. The topological polar surface area (TPSA) is 97.6 Å². The number of carbonyl (C=O) groups is 2. The van der Waals surface area contributed by atoms with Gasteiger partial charge in [0.2, 0.25) is 0 Å². The first-order valence-electron chi connectivity index (χ1n) is 8.26. The smallest absolute Gasteiger partial charge is 0.410 e. The molecule has 2 heterocycles. The van der Waals surface area contributed by atoms with E-state index < -0.39 is 11.5 Å². The molecule has 0 aromatic carbocycles. The number of likely N-dealkylation sites (tertiary alicyclic amines) is 1. The number of nitrogens with one attached hydrogen (secondary N) is 1. The molecule has 8 heteroatoms. The highest BCUT2D eigenvalue weighted by atomic mass is 35.5. The molecule has 0 aliphatic carbocycles. The van der Waals surface area contributed by atoms with Crippen molar-refractivity contribution in [2.45, 2.75) is 45.8 Å². The maximum absolute atomic E-state index is 12.2. The van der Waals surface area contributed by atoms with Crippen molar-refractivity contribution >= 4 is 29.3 Å². The Morgan fingerprint density at radius 1 is 1.44 bits per heavy atom. The van der Waals surface area contributed by atoms with Gasteiger partial charge in [-0.3, -0.25) is 4.79 Å².